The summed E-state index contributed by atoms with van der Waals surface area (Å²) in [5.74, 6) is 0.0594. The van der Waals surface area contributed by atoms with E-state index in [4.69, 9.17) is 0 Å². The Labute approximate surface area is 144 Å². The molecule has 0 saturated heterocycles. The molecule has 0 spiro atoms. The first-order chi connectivity index (χ1) is 11.5. The van der Waals surface area contributed by atoms with Gasteiger partial charge in [-0.05, 0) is 49.2 Å². The van der Waals surface area contributed by atoms with Crippen molar-refractivity contribution in [1.82, 2.24) is 0 Å². The van der Waals surface area contributed by atoms with Crippen LogP contribution >= 0.6 is 0 Å². The molecule has 0 saturated carbocycles. The first kappa shape index (κ1) is 16.4. The fourth-order valence-electron chi connectivity index (χ4n) is 3.26. The highest BCUT2D eigenvalue weighted by Gasteiger charge is 2.25. The molecule has 0 bridgehead atoms. The molecule has 1 aliphatic rings. The van der Waals surface area contributed by atoms with Gasteiger partial charge in [0.05, 0.1) is 0 Å². The van der Waals surface area contributed by atoms with Crippen molar-refractivity contribution >= 4 is 23.0 Å². The summed E-state index contributed by atoms with van der Waals surface area (Å²) in [6.45, 7) is 2.97. The molecule has 24 heavy (non-hydrogen) atoms. The molecular formula is C20H25N3O. The summed E-state index contributed by atoms with van der Waals surface area (Å²) in [5, 5.41) is 2.99. The van der Waals surface area contributed by atoms with Gasteiger partial charge in [0.25, 0.3) is 0 Å². The average molecular weight is 323 g/mol. The van der Waals surface area contributed by atoms with Gasteiger partial charge in [0.15, 0.2) is 0 Å². The van der Waals surface area contributed by atoms with E-state index in [1.807, 2.05) is 43.3 Å². The zero-order chi connectivity index (χ0) is 17.1. The predicted molar refractivity (Wildman–Crippen MR) is 101 cm³/mol. The lowest BCUT2D eigenvalue weighted by atomic mass is 10.1. The number of hydrogen-bond acceptors (Lipinski definition) is 3. The van der Waals surface area contributed by atoms with Gasteiger partial charge in [0.2, 0.25) is 5.91 Å². The number of hydrogen-bond donors (Lipinski definition) is 1. The van der Waals surface area contributed by atoms with Crippen LogP contribution in [-0.2, 0) is 11.2 Å². The van der Waals surface area contributed by atoms with E-state index in [9.17, 15) is 4.79 Å². The second-order valence-corrected chi connectivity index (χ2v) is 6.61. The van der Waals surface area contributed by atoms with Crippen molar-refractivity contribution in [2.75, 3.05) is 35.8 Å². The lowest BCUT2D eigenvalue weighted by molar-refractivity contribution is -0.116. The number of nitrogens with zero attached hydrogens (tertiary/aromatic N) is 2. The van der Waals surface area contributed by atoms with E-state index in [-0.39, 0.29) is 5.91 Å². The number of benzene rings is 2. The van der Waals surface area contributed by atoms with Crippen LogP contribution in [0.3, 0.4) is 0 Å². The Kier molecular flexibility index (Phi) is 4.74. The Morgan fingerprint density at radius 1 is 1.17 bits per heavy atom. The molecule has 1 atom stereocenters. The molecule has 126 valence electrons. The summed E-state index contributed by atoms with van der Waals surface area (Å²) in [4.78, 5) is 16.6. The molecule has 1 heterocycles. The highest BCUT2D eigenvalue weighted by molar-refractivity contribution is 5.91. The fraction of sp³-hybridized carbons (Fsp3) is 0.350. The van der Waals surface area contributed by atoms with Crippen LogP contribution in [0.25, 0.3) is 0 Å². The predicted octanol–water partition coefficient (Wildman–Crippen LogP) is 3.53. The third kappa shape index (κ3) is 3.53. The molecular weight excluding hydrogens is 298 g/mol. The molecule has 2 aromatic rings. The zero-order valence-electron chi connectivity index (χ0n) is 14.6. The maximum absolute atomic E-state index is 12.3. The highest BCUT2D eigenvalue weighted by atomic mass is 16.1. The number of carbonyl (C=O) groups excluding carboxylic acids is 1. The minimum Gasteiger partial charge on any atom is -0.378 e. The van der Waals surface area contributed by atoms with Crippen LogP contribution in [0.2, 0.25) is 0 Å². The van der Waals surface area contributed by atoms with E-state index >= 15 is 0 Å². The first-order valence-corrected chi connectivity index (χ1v) is 8.46. The van der Waals surface area contributed by atoms with Crippen LogP contribution in [0.1, 0.15) is 18.9 Å². The summed E-state index contributed by atoms with van der Waals surface area (Å²) in [7, 11) is 4.01. The average Bonchev–Trinajstić information content (AvgIpc) is 2.88. The Hall–Kier alpha value is -2.49. The lowest BCUT2D eigenvalue weighted by Gasteiger charge is -2.24. The second kappa shape index (κ2) is 6.95. The first-order valence-electron chi connectivity index (χ1n) is 8.46. The zero-order valence-corrected chi connectivity index (χ0v) is 14.6. The van der Waals surface area contributed by atoms with Gasteiger partial charge in [0.1, 0.15) is 0 Å². The number of anilines is 3. The van der Waals surface area contributed by atoms with Crippen LogP contribution in [-0.4, -0.2) is 32.6 Å². The molecule has 1 aliphatic heterocycles. The Bertz CT molecular complexity index is 709. The molecule has 2 aromatic carbocycles. The number of para-hydroxylation sites is 1. The molecule has 1 N–H and O–H groups in total. The molecule has 0 fully saturated rings. The van der Waals surface area contributed by atoms with E-state index in [0.717, 1.165) is 24.3 Å². The fourth-order valence-corrected chi connectivity index (χ4v) is 3.26. The summed E-state index contributed by atoms with van der Waals surface area (Å²) >= 11 is 0. The van der Waals surface area contributed by atoms with E-state index < -0.39 is 0 Å². The maximum Gasteiger partial charge on any atom is 0.226 e. The smallest absolute Gasteiger partial charge is 0.226 e. The Morgan fingerprint density at radius 3 is 2.58 bits per heavy atom. The minimum atomic E-state index is 0.0594. The van der Waals surface area contributed by atoms with Crippen molar-refractivity contribution in [3.8, 4) is 0 Å². The van der Waals surface area contributed by atoms with Gasteiger partial charge in [-0.15, -0.1) is 0 Å². The Balaban J connectivity index is 1.56. The monoisotopic (exact) mass is 323 g/mol. The van der Waals surface area contributed by atoms with Gasteiger partial charge in [-0.2, -0.15) is 0 Å². The number of nitrogens with one attached hydrogen (secondary N) is 1. The topological polar surface area (TPSA) is 35.6 Å². The SMILES string of the molecule is CC1Cc2ccccc2N1CCC(=O)Nc1ccc(N(C)C)cc1. The third-order valence-electron chi connectivity index (χ3n) is 4.60. The molecule has 3 rings (SSSR count). The molecule has 1 amide bonds. The molecule has 4 heteroatoms. The van der Waals surface area contributed by atoms with Crippen LogP contribution < -0.4 is 15.1 Å². The standard InChI is InChI=1S/C20H25N3O/c1-15-14-16-6-4-5-7-19(16)23(15)13-12-20(24)21-17-8-10-18(11-9-17)22(2)3/h4-11,15H,12-14H2,1-3H3,(H,21,24). The van der Waals surface area contributed by atoms with Gasteiger partial charge >= 0.3 is 0 Å². The lowest BCUT2D eigenvalue weighted by Crippen LogP contribution is -2.32. The summed E-state index contributed by atoms with van der Waals surface area (Å²) < 4.78 is 0. The van der Waals surface area contributed by atoms with Gasteiger partial charge in [-0.3, -0.25) is 4.79 Å². The van der Waals surface area contributed by atoms with Gasteiger partial charge < -0.3 is 15.1 Å². The van der Waals surface area contributed by atoms with Crippen LogP contribution in [0.15, 0.2) is 48.5 Å². The van der Waals surface area contributed by atoms with Crippen LogP contribution in [0.5, 0.6) is 0 Å². The quantitative estimate of drug-likeness (QED) is 0.914. The summed E-state index contributed by atoms with van der Waals surface area (Å²) in [6.07, 6.45) is 1.55. The molecule has 1 unspecified atom stereocenters. The minimum absolute atomic E-state index is 0.0594. The maximum atomic E-state index is 12.3. The van der Waals surface area contributed by atoms with E-state index in [1.54, 1.807) is 0 Å². The van der Waals surface area contributed by atoms with Crippen molar-refractivity contribution < 1.29 is 4.79 Å². The van der Waals surface area contributed by atoms with Crippen molar-refractivity contribution in [2.45, 2.75) is 25.8 Å². The van der Waals surface area contributed by atoms with Crippen molar-refractivity contribution in [3.05, 3.63) is 54.1 Å². The number of amides is 1. The largest absolute Gasteiger partial charge is 0.378 e. The number of rotatable bonds is 5. The van der Waals surface area contributed by atoms with E-state index in [0.29, 0.717) is 12.5 Å². The summed E-state index contributed by atoms with van der Waals surface area (Å²) in [6, 6.07) is 16.8. The van der Waals surface area contributed by atoms with Crippen LogP contribution in [0.4, 0.5) is 17.1 Å². The molecule has 4 nitrogen and oxygen atoms in total. The Morgan fingerprint density at radius 2 is 1.88 bits per heavy atom. The van der Waals surface area contributed by atoms with E-state index in [1.165, 1.54) is 11.3 Å². The van der Waals surface area contributed by atoms with Crippen LogP contribution in [0, 0.1) is 0 Å². The molecule has 0 radical (unpaired) electrons. The number of fused-ring (bicyclic) bond motifs is 1. The van der Waals surface area contributed by atoms with Crippen molar-refractivity contribution in [1.29, 1.82) is 0 Å². The van der Waals surface area contributed by atoms with E-state index in [2.05, 4.69) is 41.4 Å². The normalized spacial score (nSPS) is 16.0. The van der Waals surface area contributed by atoms with Gasteiger partial charge in [-0.25, -0.2) is 0 Å². The van der Waals surface area contributed by atoms with Gasteiger partial charge in [0, 0.05) is 50.2 Å². The van der Waals surface area contributed by atoms with Crippen molar-refractivity contribution in [2.24, 2.45) is 0 Å². The molecule has 0 aromatic heterocycles. The van der Waals surface area contributed by atoms with Gasteiger partial charge in [-0.1, -0.05) is 18.2 Å². The van der Waals surface area contributed by atoms with Crippen molar-refractivity contribution in [3.63, 3.8) is 0 Å². The molecule has 0 aliphatic carbocycles. The second-order valence-electron chi connectivity index (χ2n) is 6.61. The summed E-state index contributed by atoms with van der Waals surface area (Å²) in [5.41, 5.74) is 4.62. The number of carbonyl (C=O) groups is 1. The highest BCUT2D eigenvalue weighted by Crippen LogP contribution is 2.31. The third-order valence-corrected chi connectivity index (χ3v) is 4.60.